The highest BCUT2D eigenvalue weighted by molar-refractivity contribution is 7.54. The molecular formula is C16H25O4P. The topological polar surface area (TPSA) is 55.8 Å². The van der Waals surface area contributed by atoms with Gasteiger partial charge in [0, 0.05) is 6.42 Å². The molecule has 118 valence electrons. The van der Waals surface area contributed by atoms with Crippen molar-refractivity contribution in [2.24, 2.45) is 0 Å². The Kier molecular flexibility index (Phi) is 5.61. The fourth-order valence-electron chi connectivity index (χ4n) is 3.22. The van der Waals surface area contributed by atoms with Crippen LogP contribution in [-0.2, 0) is 20.0 Å². The van der Waals surface area contributed by atoms with E-state index in [4.69, 9.17) is 9.05 Å². The number of benzene rings is 1. The molecule has 0 radical (unpaired) electrons. The van der Waals surface area contributed by atoms with Gasteiger partial charge in [0.15, 0.2) is 0 Å². The van der Waals surface area contributed by atoms with E-state index in [0.717, 1.165) is 12.0 Å². The molecule has 1 fully saturated rings. The van der Waals surface area contributed by atoms with Crippen LogP contribution < -0.4 is 0 Å². The zero-order valence-corrected chi connectivity index (χ0v) is 13.7. The maximum atomic E-state index is 13.0. The molecule has 0 bridgehead atoms. The molecule has 1 saturated carbocycles. The molecule has 0 unspecified atom stereocenters. The molecule has 0 aromatic heterocycles. The quantitative estimate of drug-likeness (QED) is 0.779. The van der Waals surface area contributed by atoms with Crippen LogP contribution in [-0.4, -0.2) is 29.6 Å². The largest absolute Gasteiger partial charge is 0.389 e. The molecule has 21 heavy (non-hydrogen) atoms. The summed E-state index contributed by atoms with van der Waals surface area (Å²) in [6.45, 7) is 4.26. The second-order valence-electron chi connectivity index (χ2n) is 5.55. The third-order valence-electron chi connectivity index (χ3n) is 4.06. The molecule has 0 spiro atoms. The van der Waals surface area contributed by atoms with Gasteiger partial charge in [0.05, 0.1) is 24.5 Å². The third kappa shape index (κ3) is 3.75. The molecular weight excluding hydrogens is 287 g/mol. The Hall–Kier alpha value is -0.670. The summed E-state index contributed by atoms with van der Waals surface area (Å²) in [6.07, 6.45) is 2.65. The number of rotatable bonds is 7. The predicted octanol–water partition coefficient (Wildman–Crippen LogP) is 3.78. The van der Waals surface area contributed by atoms with E-state index in [1.807, 2.05) is 30.3 Å². The van der Waals surface area contributed by atoms with E-state index in [2.05, 4.69) is 0 Å². The molecule has 4 nitrogen and oxygen atoms in total. The summed E-state index contributed by atoms with van der Waals surface area (Å²) in [5, 5.41) is 11.1. The molecule has 0 amide bonds. The lowest BCUT2D eigenvalue weighted by Crippen LogP contribution is -2.40. The van der Waals surface area contributed by atoms with Crippen molar-refractivity contribution in [1.82, 2.24) is 0 Å². The van der Waals surface area contributed by atoms with Crippen LogP contribution in [0.1, 0.15) is 38.7 Å². The highest BCUT2D eigenvalue weighted by atomic mass is 31.2. The summed E-state index contributed by atoms with van der Waals surface area (Å²) in [5.41, 5.74) is -0.405. The van der Waals surface area contributed by atoms with Crippen LogP contribution in [0.25, 0.3) is 0 Å². The average Bonchev–Trinajstić information content (AvgIpc) is 2.82. The molecule has 1 aliphatic carbocycles. The molecule has 1 aliphatic rings. The SMILES string of the molecule is CCOP(=O)(OCC)[C@@H]1CCC[C@@]1(O)Cc1ccccc1. The summed E-state index contributed by atoms with van der Waals surface area (Å²) in [7, 11) is -3.28. The highest BCUT2D eigenvalue weighted by Gasteiger charge is 2.52. The van der Waals surface area contributed by atoms with Crippen LogP contribution >= 0.6 is 7.60 Å². The number of aliphatic hydroxyl groups is 1. The first kappa shape index (κ1) is 16.7. The van der Waals surface area contributed by atoms with Crippen LogP contribution in [0.5, 0.6) is 0 Å². The van der Waals surface area contributed by atoms with Crippen molar-refractivity contribution < 1.29 is 18.7 Å². The zero-order valence-electron chi connectivity index (χ0n) is 12.8. The van der Waals surface area contributed by atoms with Gasteiger partial charge in [-0.2, -0.15) is 0 Å². The smallest absolute Gasteiger partial charge is 0.336 e. The normalized spacial score (nSPS) is 26.1. The van der Waals surface area contributed by atoms with E-state index < -0.39 is 18.9 Å². The highest BCUT2D eigenvalue weighted by Crippen LogP contribution is 2.61. The minimum absolute atomic E-state index is 0.329. The van der Waals surface area contributed by atoms with Crippen molar-refractivity contribution in [3.63, 3.8) is 0 Å². The van der Waals surface area contributed by atoms with E-state index >= 15 is 0 Å². The van der Waals surface area contributed by atoms with Crippen LogP contribution in [0.2, 0.25) is 0 Å². The van der Waals surface area contributed by atoms with Gasteiger partial charge in [-0.1, -0.05) is 30.3 Å². The van der Waals surface area contributed by atoms with Gasteiger partial charge < -0.3 is 14.2 Å². The van der Waals surface area contributed by atoms with Crippen molar-refractivity contribution in [1.29, 1.82) is 0 Å². The van der Waals surface area contributed by atoms with Gasteiger partial charge in [0.25, 0.3) is 0 Å². The molecule has 0 aliphatic heterocycles. The minimum atomic E-state index is -3.28. The Bertz CT molecular complexity index is 480. The van der Waals surface area contributed by atoms with E-state index in [9.17, 15) is 9.67 Å². The van der Waals surface area contributed by atoms with E-state index in [-0.39, 0.29) is 0 Å². The van der Waals surface area contributed by atoms with Gasteiger partial charge in [-0.15, -0.1) is 0 Å². The molecule has 1 aromatic rings. The van der Waals surface area contributed by atoms with Crippen LogP contribution in [0.3, 0.4) is 0 Å². The summed E-state index contributed by atoms with van der Waals surface area (Å²) in [5.74, 6) is 0. The summed E-state index contributed by atoms with van der Waals surface area (Å²) < 4.78 is 23.9. The van der Waals surface area contributed by atoms with Gasteiger partial charge in [0.1, 0.15) is 0 Å². The van der Waals surface area contributed by atoms with Gasteiger partial charge in [-0.25, -0.2) is 0 Å². The van der Waals surface area contributed by atoms with Crippen molar-refractivity contribution in [2.45, 2.75) is 50.8 Å². The minimum Gasteiger partial charge on any atom is -0.389 e. The van der Waals surface area contributed by atoms with Gasteiger partial charge in [-0.05, 0) is 38.7 Å². The standard InChI is InChI=1S/C16H25O4P/c1-3-19-21(18,20-4-2)15-11-8-12-16(15,17)13-14-9-6-5-7-10-14/h5-7,9-10,15,17H,3-4,8,11-13H2,1-2H3/t15-,16-/m1/s1. The average molecular weight is 312 g/mol. The molecule has 1 N–H and O–H groups in total. The second-order valence-corrected chi connectivity index (χ2v) is 7.77. The second kappa shape index (κ2) is 7.06. The summed E-state index contributed by atoms with van der Waals surface area (Å²) in [4.78, 5) is 0. The van der Waals surface area contributed by atoms with Gasteiger partial charge in [-0.3, -0.25) is 4.57 Å². The first-order chi connectivity index (χ1) is 10.0. The van der Waals surface area contributed by atoms with Crippen LogP contribution in [0.15, 0.2) is 30.3 Å². The van der Waals surface area contributed by atoms with Crippen LogP contribution in [0, 0.1) is 0 Å². The van der Waals surface area contributed by atoms with E-state index in [0.29, 0.717) is 32.5 Å². The Morgan fingerprint density at radius 2 is 1.86 bits per heavy atom. The third-order valence-corrected chi connectivity index (χ3v) is 6.80. The lowest BCUT2D eigenvalue weighted by Gasteiger charge is -2.34. The van der Waals surface area contributed by atoms with E-state index in [1.54, 1.807) is 13.8 Å². The maximum Gasteiger partial charge on any atom is 0.336 e. The number of hydrogen-bond acceptors (Lipinski definition) is 4. The number of hydrogen-bond donors (Lipinski definition) is 1. The fraction of sp³-hybridized carbons (Fsp3) is 0.625. The monoisotopic (exact) mass is 312 g/mol. The van der Waals surface area contributed by atoms with Crippen molar-refractivity contribution in [2.75, 3.05) is 13.2 Å². The first-order valence-electron chi connectivity index (χ1n) is 7.69. The Morgan fingerprint density at radius 3 is 2.43 bits per heavy atom. The van der Waals surface area contributed by atoms with Crippen molar-refractivity contribution in [3.05, 3.63) is 35.9 Å². The van der Waals surface area contributed by atoms with Crippen molar-refractivity contribution in [3.8, 4) is 0 Å². The van der Waals surface area contributed by atoms with Gasteiger partial charge in [0.2, 0.25) is 0 Å². The Morgan fingerprint density at radius 1 is 1.24 bits per heavy atom. The lowest BCUT2D eigenvalue weighted by atomic mass is 9.93. The fourth-order valence-corrected chi connectivity index (χ4v) is 5.68. The first-order valence-corrected chi connectivity index (χ1v) is 9.30. The summed E-state index contributed by atoms with van der Waals surface area (Å²) >= 11 is 0. The zero-order chi connectivity index (χ0) is 15.3. The molecule has 2 atom stereocenters. The molecule has 0 heterocycles. The molecule has 2 rings (SSSR count). The molecule has 5 heteroatoms. The molecule has 0 saturated heterocycles. The maximum absolute atomic E-state index is 13.0. The Balaban J connectivity index is 2.23. The van der Waals surface area contributed by atoms with Crippen LogP contribution in [0.4, 0.5) is 0 Å². The molecule has 1 aromatic carbocycles. The van der Waals surface area contributed by atoms with Crippen molar-refractivity contribution >= 4 is 7.60 Å². The lowest BCUT2D eigenvalue weighted by molar-refractivity contribution is 0.0403. The predicted molar refractivity (Wildman–Crippen MR) is 83.6 cm³/mol. The summed E-state index contributed by atoms with van der Waals surface area (Å²) in [6, 6.07) is 9.82. The van der Waals surface area contributed by atoms with E-state index in [1.165, 1.54) is 0 Å². The Labute approximate surface area is 127 Å². The van der Waals surface area contributed by atoms with Gasteiger partial charge >= 0.3 is 7.60 Å².